The van der Waals surface area contributed by atoms with Crippen LogP contribution in [0.4, 0.5) is 4.79 Å². The van der Waals surface area contributed by atoms with Crippen LogP contribution in [0.2, 0.25) is 0 Å². The molecule has 78 valence electrons. The first-order valence-corrected chi connectivity index (χ1v) is 5.42. The molecule has 2 heterocycles. The van der Waals surface area contributed by atoms with E-state index in [1.807, 2.05) is 16.8 Å². The van der Waals surface area contributed by atoms with Crippen molar-refractivity contribution in [3.05, 3.63) is 33.7 Å². The fourth-order valence-corrected chi connectivity index (χ4v) is 2.25. The van der Waals surface area contributed by atoms with Gasteiger partial charge in [0.05, 0.1) is 6.04 Å². The number of hydrogen-bond donors (Lipinski definition) is 2. The molecule has 0 radical (unpaired) electrons. The van der Waals surface area contributed by atoms with Crippen molar-refractivity contribution in [2.75, 3.05) is 0 Å². The molecule has 0 fully saturated rings. The molecule has 4 nitrogen and oxygen atoms in total. The summed E-state index contributed by atoms with van der Waals surface area (Å²) >= 11 is 1.54. The molecule has 0 bridgehead atoms. The van der Waals surface area contributed by atoms with Crippen LogP contribution >= 0.6 is 11.3 Å². The first kappa shape index (κ1) is 9.92. The summed E-state index contributed by atoms with van der Waals surface area (Å²) in [5.41, 5.74) is 2.13. The van der Waals surface area contributed by atoms with Gasteiger partial charge in [-0.3, -0.25) is 4.79 Å². The quantitative estimate of drug-likeness (QED) is 0.746. The van der Waals surface area contributed by atoms with Crippen LogP contribution in [0.5, 0.6) is 0 Å². The van der Waals surface area contributed by atoms with Gasteiger partial charge in [0.2, 0.25) is 0 Å². The van der Waals surface area contributed by atoms with Crippen LogP contribution in [0.3, 0.4) is 0 Å². The predicted octanol–water partition coefficient (Wildman–Crippen LogP) is 1.57. The average molecular weight is 222 g/mol. The molecule has 1 aliphatic rings. The van der Waals surface area contributed by atoms with Crippen molar-refractivity contribution in [1.82, 2.24) is 10.6 Å². The third kappa shape index (κ3) is 1.78. The number of carbonyl (C=O) groups is 2. The number of thiophene rings is 1. The Balaban J connectivity index is 2.42. The molecule has 0 saturated carbocycles. The zero-order valence-electron chi connectivity index (χ0n) is 8.11. The number of amides is 2. The summed E-state index contributed by atoms with van der Waals surface area (Å²) in [4.78, 5) is 22.2. The van der Waals surface area contributed by atoms with Crippen LogP contribution in [0.25, 0.3) is 0 Å². The highest BCUT2D eigenvalue weighted by Crippen LogP contribution is 2.26. The standard InChI is InChI=1S/C10H10N2O2S/c1-6-8(4-13)9(12-10(14)11-6)7-2-3-15-5-7/h2-5,9H,1H3,(H2,11,12,14). The predicted molar refractivity (Wildman–Crippen MR) is 57.5 cm³/mol. The van der Waals surface area contributed by atoms with Gasteiger partial charge < -0.3 is 10.6 Å². The minimum atomic E-state index is -0.317. The molecule has 0 aromatic carbocycles. The lowest BCUT2D eigenvalue weighted by Gasteiger charge is -2.25. The van der Waals surface area contributed by atoms with Crippen molar-refractivity contribution in [3.8, 4) is 0 Å². The van der Waals surface area contributed by atoms with Gasteiger partial charge >= 0.3 is 6.03 Å². The molecule has 2 rings (SSSR count). The third-order valence-corrected chi connectivity index (χ3v) is 3.03. The number of aldehydes is 1. The Bertz CT molecular complexity index is 423. The van der Waals surface area contributed by atoms with Crippen molar-refractivity contribution in [2.24, 2.45) is 0 Å². The van der Waals surface area contributed by atoms with Gasteiger partial charge in [-0.05, 0) is 29.3 Å². The van der Waals surface area contributed by atoms with Gasteiger partial charge in [0.25, 0.3) is 0 Å². The Labute approximate surface area is 91.0 Å². The molecule has 0 saturated heterocycles. The van der Waals surface area contributed by atoms with Crippen LogP contribution in [0, 0.1) is 0 Å². The summed E-state index contributed by atoms with van der Waals surface area (Å²) in [6, 6.07) is 1.31. The Morgan fingerprint density at radius 1 is 1.53 bits per heavy atom. The van der Waals surface area contributed by atoms with Gasteiger partial charge in [-0.25, -0.2) is 4.79 Å². The summed E-state index contributed by atoms with van der Waals surface area (Å²) < 4.78 is 0. The molecule has 1 aliphatic heterocycles. The Kier molecular flexibility index (Phi) is 2.55. The SMILES string of the molecule is CC1=C(C=O)C(c2ccsc2)NC(=O)N1. The molecule has 1 atom stereocenters. The molecule has 15 heavy (non-hydrogen) atoms. The van der Waals surface area contributed by atoms with Crippen molar-refractivity contribution < 1.29 is 9.59 Å². The highest BCUT2D eigenvalue weighted by Gasteiger charge is 2.25. The number of hydrogen-bond acceptors (Lipinski definition) is 3. The largest absolute Gasteiger partial charge is 0.327 e. The average Bonchev–Trinajstić information content (AvgIpc) is 2.69. The molecular formula is C10H10N2O2S. The molecule has 1 unspecified atom stereocenters. The lowest BCUT2D eigenvalue weighted by Crippen LogP contribution is -2.43. The van der Waals surface area contributed by atoms with E-state index in [0.29, 0.717) is 11.3 Å². The van der Waals surface area contributed by atoms with E-state index >= 15 is 0 Å². The minimum absolute atomic E-state index is 0.269. The highest BCUT2D eigenvalue weighted by atomic mass is 32.1. The Morgan fingerprint density at radius 3 is 2.93 bits per heavy atom. The van der Waals surface area contributed by atoms with Gasteiger partial charge in [-0.15, -0.1) is 0 Å². The van der Waals surface area contributed by atoms with E-state index < -0.39 is 0 Å². The maximum absolute atomic E-state index is 11.3. The molecule has 0 spiro atoms. The van der Waals surface area contributed by atoms with Crippen molar-refractivity contribution >= 4 is 23.7 Å². The lowest BCUT2D eigenvalue weighted by molar-refractivity contribution is -0.105. The maximum Gasteiger partial charge on any atom is 0.319 e. The summed E-state index contributed by atoms with van der Waals surface area (Å²) in [6.45, 7) is 1.72. The second-order valence-corrected chi connectivity index (χ2v) is 4.07. The van der Waals surface area contributed by atoms with Crippen LogP contribution in [0.1, 0.15) is 18.5 Å². The van der Waals surface area contributed by atoms with E-state index in [1.165, 1.54) is 11.3 Å². The summed E-state index contributed by atoms with van der Waals surface area (Å²) in [5, 5.41) is 9.13. The molecule has 0 aliphatic carbocycles. The summed E-state index contributed by atoms with van der Waals surface area (Å²) in [6.07, 6.45) is 0.782. The topological polar surface area (TPSA) is 58.2 Å². The van der Waals surface area contributed by atoms with Crippen LogP contribution in [-0.4, -0.2) is 12.3 Å². The van der Waals surface area contributed by atoms with E-state index in [9.17, 15) is 9.59 Å². The van der Waals surface area contributed by atoms with Crippen LogP contribution in [-0.2, 0) is 4.79 Å². The van der Waals surface area contributed by atoms with Crippen LogP contribution in [0.15, 0.2) is 28.1 Å². The normalized spacial score (nSPS) is 20.9. The zero-order chi connectivity index (χ0) is 10.8. The van der Waals surface area contributed by atoms with E-state index in [4.69, 9.17) is 0 Å². The fraction of sp³-hybridized carbons (Fsp3) is 0.200. The minimum Gasteiger partial charge on any atom is -0.327 e. The second kappa shape index (κ2) is 3.86. The van der Waals surface area contributed by atoms with Gasteiger partial charge in [0.15, 0.2) is 0 Å². The second-order valence-electron chi connectivity index (χ2n) is 3.29. The first-order chi connectivity index (χ1) is 7.22. The maximum atomic E-state index is 11.3. The molecule has 1 aromatic heterocycles. The van der Waals surface area contributed by atoms with E-state index in [1.54, 1.807) is 6.92 Å². The molecular weight excluding hydrogens is 212 g/mol. The number of urea groups is 1. The number of carbonyl (C=O) groups excluding carboxylic acids is 2. The summed E-state index contributed by atoms with van der Waals surface area (Å²) in [7, 11) is 0. The fourth-order valence-electron chi connectivity index (χ4n) is 1.56. The van der Waals surface area contributed by atoms with Crippen LogP contribution < -0.4 is 10.6 Å². The number of nitrogens with one attached hydrogen (secondary N) is 2. The van der Waals surface area contributed by atoms with Crippen molar-refractivity contribution in [2.45, 2.75) is 13.0 Å². The molecule has 1 aromatic rings. The van der Waals surface area contributed by atoms with Crippen molar-refractivity contribution in [1.29, 1.82) is 0 Å². The third-order valence-electron chi connectivity index (χ3n) is 2.32. The van der Waals surface area contributed by atoms with Gasteiger partial charge in [-0.1, -0.05) is 0 Å². The lowest BCUT2D eigenvalue weighted by atomic mass is 9.99. The van der Waals surface area contributed by atoms with E-state index in [2.05, 4.69) is 10.6 Å². The van der Waals surface area contributed by atoms with Crippen molar-refractivity contribution in [3.63, 3.8) is 0 Å². The summed E-state index contributed by atoms with van der Waals surface area (Å²) in [5.74, 6) is 0. The number of rotatable bonds is 2. The Hall–Kier alpha value is -1.62. The van der Waals surface area contributed by atoms with Gasteiger partial charge in [-0.2, -0.15) is 11.3 Å². The zero-order valence-corrected chi connectivity index (χ0v) is 8.93. The highest BCUT2D eigenvalue weighted by molar-refractivity contribution is 7.08. The number of allylic oxidation sites excluding steroid dienone is 1. The first-order valence-electron chi connectivity index (χ1n) is 4.48. The van der Waals surface area contributed by atoms with E-state index in [0.717, 1.165) is 11.8 Å². The van der Waals surface area contributed by atoms with Gasteiger partial charge in [0, 0.05) is 11.3 Å². The Morgan fingerprint density at radius 2 is 2.33 bits per heavy atom. The smallest absolute Gasteiger partial charge is 0.319 e. The molecule has 5 heteroatoms. The molecule has 2 amide bonds. The monoisotopic (exact) mass is 222 g/mol. The van der Waals surface area contributed by atoms with Gasteiger partial charge in [0.1, 0.15) is 6.29 Å². The van der Waals surface area contributed by atoms with E-state index in [-0.39, 0.29) is 12.1 Å². The molecule has 2 N–H and O–H groups in total.